The van der Waals surface area contributed by atoms with Crippen LogP contribution >= 0.6 is 22.9 Å². The van der Waals surface area contributed by atoms with Gasteiger partial charge in [-0.05, 0) is 18.2 Å². The quantitative estimate of drug-likeness (QED) is 0.860. The number of anilines is 1. The Kier molecular flexibility index (Phi) is 3.62. The van der Waals surface area contributed by atoms with Crippen molar-refractivity contribution >= 4 is 28.6 Å². The predicted molar refractivity (Wildman–Crippen MR) is 68.8 cm³/mol. The van der Waals surface area contributed by atoms with Gasteiger partial charge in [-0.25, -0.2) is 9.37 Å². The Morgan fingerprint density at radius 1 is 1.53 bits per heavy atom. The highest BCUT2D eigenvalue weighted by molar-refractivity contribution is 7.15. The van der Waals surface area contributed by atoms with Gasteiger partial charge >= 0.3 is 0 Å². The van der Waals surface area contributed by atoms with Crippen LogP contribution in [0, 0.1) is 18.2 Å². The van der Waals surface area contributed by atoms with Crippen molar-refractivity contribution in [3.63, 3.8) is 0 Å². The highest BCUT2D eigenvalue weighted by atomic mass is 35.5. The molecule has 17 heavy (non-hydrogen) atoms. The SMILES string of the molecule is C#Cc1ccc(NCc2cnc(Cl)s2)c(F)c1. The molecule has 0 bridgehead atoms. The van der Waals surface area contributed by atoms with Gasteiger partial charge in [0.15, 0.2) is 4.47 Å². The molecule has 86 valence electrons. The van der Waals surface area contributed by atoms with Crippen LogP contribution in [0.15, 0.2) is 24.4 Å². The third-order valence-electron chi connectivity index (χ3n) is 2.11. The lowest BCUT2D eigenvalue weighted by Gasteiger charge is -2.05. The van der Waals surface area contributed by atoms with Gasteiger partial charge in [0.05, 0.1) is 12.2 Å². The van der Waals surface area contributed by atoms with Gasteiger partial charge in [0.1, 0.15) is 5.82 Å². The number of thiazole rings is 1. The number of aromatic nitrogens is 1. The van der Waals surface area contributed by atoms with E-state index in [-0.39, 0.29) is 5.82 Å². The number of terminal acetylenes is 1. The fourth-order valence-electron chi connectivity index (χ4n) is 1.30. The number of hydrogen-bond acceptors (Lipinski definition) is 3. The molecule has 0 fully saturated rings. The minimum absolute atomic E-state index is 0.365. The second kappa shape index (κ2) is 5.17. The topological polar surface area (TPSA) is 24.9 Å². The maximum atomic E-state index is 13.5. The first-order valence-corrected chi connectivity index (χ1v) is 5.98. The van der Waals surface area contributed by atoms with E-state index in [1.807, 2.05) is 0 Å². The van der Waals surface area contributed by atoms with E-state index < -0.39 is 0 Å². The van der Waals surface area contributed by atoms with Gasteiger partial charge in [-0.15, -0.1) is 17.8 Å². The summed E-state index contributed by atoms with van der Waals surface area (Å²) in [5, 5.41) is 2.96. The summed E-state index contributed by atoms with van der Waals surface area (Å²) < 4.78 is 14.0. The van der Waals surface area contributed by atoms with Gasteiger partial charge in [0.2, 0.25) is 0 Å². The van der Waals surface area contributed by atoms with Gasteiger partial charge in [0.25, 0.3) is 0 Å². The number of nitrogens with one attached hydrogen (secondary N) is 1. The van der Waals surface area contributed by atoms with E-state index >= 15 is 0 Å². The van der Waals surface area contributed by atoms with Crippen LogP contribution in [0.3, 0.4) is 0 Å². The van der Waals surface area contributed by atoms with Crippen LogP contribution in [0.25, 0.3) is 0 Å². The lowest BCUT2D eigenvalue weighted by molar-refractivity contribution is 0.630. The molecular formula is C12H8ClFN2S. The Morgan fingerprint density at radius 2 is 2.35 bits per heavy atom. The molecule has 0 saturated carbocycles. The molecule has 0 aliphatic carbocycles. The molecule has 1 heterocycles. The van der Waals surface area contributed by atoms with Gasteiger partial charge in [-0.1, -0.05) is 17.5 Å². The van der Waals surface area contributed by atoms with E-state index in [0.717, 1.165) is 4.88 Å². The zero-order chi connectivity index (χ0) is 12.3. The van der Waals surface area contributed by atoms with Crippen molar-refractivity contribution in [2.24, 2.45) is 0 Å². The summed E-state index contributed by atoms with van der Waals surface area (Å²) in [5.41, 5.74) is 0.933. The van der Waals surface area contributed by atoms with E-state index in [1.165, 1.54) is 17.4 Å². The molecule has 0 radical (unpaired) electrons. The van der Waals surface area contributed by atoms with Crippen molar-refractivity contribution in [3.8, 4) is 12.3 Å². The Bertz CT molecular complexity index is 574. The van der Waals surface area contributed by atoms with E-state index in [0.29, 0.717) is 22.3 Å². The smallest absolute Gasteiger partial charge is 0.183 e. The molecule has 0 saturated heterocycles. The number of rotatable bonds is 3. The van der Waals surface area contributed by atoms with Gasteiger partial charge in [0, 0.05) is 16.6 Å². The van der Waals surface area contributed by atoms with E-state index in [9.17, 15) is 4.39 Å². The summed E-state index contributed by atoms with van der Waals surface area (Å²) in [6.45, 7) is 0.483. The van der Waals surface area contributed by atoms with E-state index in [4.69, 9.17) is 18.0 Å². The number of nitrogens with zero attached hydrogens (tertiary/aromatic N) is 1. The highest BCUT2D eigenvalue weighted by Crippen LogP contribution is 2.20. The average molecular weight is 267 g/mol. The largest absolute Gasteiger partial charge is 0.378 e. The lowest BCUT2D eigenvalue weighted by atomic mass is 10.2. The molecule has 0 unspecified atom stereocenters. The fraction of sp³-hybridized carbons (Fsp3) is 0.0833. The molecule has 0 spiro atoms. The summed E-state index contributed by atoms with van der Waals surface area (Å²) in [5.74, 6) is 2.01. The molecule has 2 aromatic rings. The monoisotopic (exact) mass is 266 g/mol. The van der Waals surface area contributed by atoms with Crippen molar-refractivity contribution in [1.82, 2.24) is 4.98 Å². The second-order valence-electron chi connectivity index (χ2n) is 3.27. The normalized spacial score (nSPS) is 9.94. The Hall–Kier alpha value is -1.57. The third-order valence-corrected chi connectivity index (χ3v) is 3.23. The van der Waals surface area contributed by atoms with Crippen LogP contribution < -0.4 is 5.32 Å². The Balaban J connectivity index is 2.07. The second-order valence-corrected chi connectivity index (χ2v) is 4.97. The maximum absolute atomic E-state index is 13.5. The zero-order valence-corrected chi connectivity index (χ0v) is 10.3. The van der Waals surface area contributed by atoms with Crippen molar-refractivity contribution in [1.29, 1.82) is 0 Å². The molecule has 2 nitrogen and oxygen atoms in total. The van der Waals surface area contributed by atoms with Gasteiger partial charge in [-0.2, -0.15) is 0 Å². The van der Waals surface area contributed by atoms with Crippen molar-refractivity contribution in [2.75, 3.05) is 5.32 Å². The summed E-state index contributed by atoms with van der Waals surface area (Å²) >= 11 is 7.05. The van der Waals surface area contributed by atoms with Crippen LogP contribution in [-0.2, 0) is 6.54 Å². The summed E-state index contributed by atoms with van der Waals surface area (Å²) in [7, 11) is 0. The van der Waals surface area contributed by atoms with Crippen LogP contribution in [0.1, 0.15) is 10.4 Å². The minimum Gasteiger partial charge on any atom is -0.378 e. The summed E-state index contributed by atoms with van der Waals surface area (Å²) in [4.78, 5) is 4.84. The third kappa shape index (κ3) is 2.96. The predicted octanol–water partition coefficient (Wildman–Crippen LogP) is 3.53. The summed E-state index contributed by atoms with van der Waals surface area (Å²) in [6, 6.07) is 4.63. The molecule has 0 amide bonds. The molecule has 1 N–H and O–H groups in total. The molecule has 1 aromatic carbocycles. The molecule has 1 aromatic heterocycles. The van der Waals surface area contributed by atoms with Crippen molar-refractivity contribution in [3.05, 3.63) is 45.1 Å². The molecular weight excluding hydrogens is 259 g/mol. The molecule has 0 aliphatic heterocycles. The Morgan fingerprint density at radius 3 is 2.94 bits per heavy atom. The van der Waals surface area contributed by atoms with Crippen LogP contribution in [0.4, 0.5) is 10.1 Å². The number of halogens is 2. The number of benzene rings is 1. The molecule has 0 atom stereocenters. The van der Waals surface area contributed by atoms with Crippen molar-refractivity contribution < 1.29 is 4.39 Å². The first-order chi connectivity index (χ1) is 8.19. The van der Waals surface area contributed by atoms with Crippen LogP contribution in [-0.4, -0.2) is 4.98 Å². The van der Waals surface area contributed by atoms with Crippen LogP contribution in [0.5, 0.6) is 0 Å². The van der Waals surface area contributed by atoms with Crippen LogP contribution in [0.2, 0.25) is 4.47 Å². The molecule has 5 heteroatoms. The van der Waals surface area contributed by atoms with E-state index in [2.05, 4.69) is 16.2 Å². The molecule has 0 aliphatic rings. The average Bonchev–Trinajstić information content (AvgIpc) is 2.73. The zero-order valence-electron chi connectivity index (χ0n) is 8.71. The lowest BCUT2D eigenvalue weighted by Crippen LogP contribution is -2.00. The maximum Gasteiger partial charge on any atom is 0.183 e. The molecule has 2 rings (SSSR count). The fourth-order valence-corrected chi connectivity index (χ4v) is 2.21. The standard InChI is InChI=1S/C12H8ClFN2S/c1-2-8-3-4-11(10(14)5-8)15-6-9-7-16-12(13)17-9/h1,3-5,7,15H,6H2. The van der Waals surface area contributed by atoms with Gasteiger partial charge < -0.3 is 5.32 Å². The highest BCUT2D eigenvalue weighted by Gasteiger charge is 2.04. The minimum atomic E-state index is -0.365. The van der Waals surface area contributed by atoms with Gasteiger partial charge in [-0.3, -0.25) is 0 Å². The van der Waals surface area contributed by atoms with Crippen molar-refractivity contribution in [2.45, 2.75) is 6.54 Å². The van der Waals surface area contributed by atoms with E-state index in [1.54, 1.807) is 18.3 Å². The number of hydrogen-bond donors (Lipinski definition) is 1. The first kappa shape index (κ1) is 11.9. The summed E-state index contributed by atoms with van der Waals surface area (Å²) in [6.07, 6.45) is 6.84. The first-order valence-electron chi connectivity index (χ1n) is 4.79. The Labute approximate surface area is 107 Å².